The minimum absolute atomic E-state index is 0.208. The Morgan fingerprint density at radius 1 is 1.21 bits per heavy atom. The standard InChI is InChI=1S/C13H13Cl3O3/c1-18-12(17)7-13(3-2-4-13)19-11-6-9(15)8(14)5-10(11)16/h5-6H,2-4,7H2,1H3. The molecule has 0 saturated heterocycles. The van der Waals surface area contributed by atoms with Gasteiger partial charge >= 0.3 is 5.97 Å². The molecule has 0 amide bonds. The number of hydrogen-bond donors (Lipinski definition) is 0. The fraction of sp³-hybridized carbons (Fsp3) is 0.462. The second-order valence-electron chi connectivity index (χ2n) is 4.59. The van der Waals surface area contributed by atoms with Crippen LogP contribution in [0.3, 0.4) is 0 Å². The largest absolute Gasteiger partial charge is 0.485 e. The Bertz CT molecular complexity index is 498. The molecule has 0 radical (unpaired) electrons. The van der Waals surface area contributed by atoms with E-state index in [2.05, 4.69) is 0 Å². The number of carbonyl (C=O) groups is 1. The molecule has 1 aliphatic carbocycles. The second kappa shape index (κ2) is 5.78. The lowest BCUT2D eigenvalue weighted by Gasteiger charge is -2.41. The summed E-state index contributed by atoms with van der Waals surface area (Å²) in [6.07, 6.45) is 2.80. The molecule has 3 nitrogen and oxygen atoms in total. The first-order valence-corrected chi connectivity index (χ1v) is 6.99. The van der Waals surface area contributed by atoms with Gasteiger partial charge in [-0.15, -0.1) is 0 Å². The molecule has 104 valence electrons. The van der Waals surface area contributed by atoms with Crippen LogP contribution < -0.4 is 4.74 Å². The van der Waals surface area contributed by atoms with Gasteiger partial charge in [-0.05, 0) is 25.3 Å². The Morgan fingerprint density at radius 2 is 1.84 bits per heavy atom. The van der Waals surface area contributed by atoms with Crippen LogP contribution in [0.25, 0.3) is 0 Å². The SMILES string of the molecule is COC(=O)CC1(Oc2cc(Cl)c(Cl)cc2Cl)CCC1. The van der Waals surface area contributed by atoms with Crippen LogP contribution in [0, 0.1) is 0 Å². The average molecular weight is 324 g/mol. The van der Waals surface area contributed by atoms with Gasteiger partial charge in [0.25, 0.3) is 0 Å². The third kappa shape index (κ3) is 3.28. The lowest BCUT2D eigenvalue weighted by atomic mass is 9.77. The summed E-state index contributed by atoms with van der Waals surface area (Å²) in [5.41, 5.74) is -0.534. The minimum atomic E-state index is -0.534. The first-order chi connectivity index (χ1) is 8.96. The average Bonchev–Trinajstić information content (AvgIpc) is 2.32. The number of benzene rings is 1. The van der Waals surface area contributed by atoms with Crippen molar-refractivity contribution in [2.45, 2.75) is 31.3 Å². The highest BCUT2D eigenvalue weighted by molar-refractivity contribution is 6.43. The molecular weight excluding hydrogens is 310 g/mol. The van der Waals surface area contributed by atoms with E-state index < -0.39 is 5.60 Å². The zero-order valence-corrected chi connectivity index (χ0v) is 12.6. The molecule has 2 rings (SSSR count). The summed E-state index contributed by atoms with van der Waals surface area (Å²) in [5.74, 6) is 0.149. The van der Waals surface area contributed by atoms with Crippen LogP contribution in [-0.2, 0) is 9.53 Å². The minimum Gasteiger partial charge on any atom is -0.485 e. The van der Waals surface area contributed by atoms with Crippen LogP contribution in [0.15, 0.2) is 12.1 Å². The molecular formula is C13H13Cl3O3. The van der Waals surface area contributed by atoms with E-state index in [0.717, 1.165) is 19.3 Å². The topological polar surface area (TPSA) is 35.5 Å². The van der Waals surface area contributed by atoms with Crippen molar-refractivity contribution in [3.8, 4) is 5.75 Å². The molecule has 1 saturated carbocycles. The Kier molecular flexibility index (Phi) is 4.49. The van der Waals surface area contributed by atoms with Gasteiger partial charge in [0.2, 0.25) is 0 Å². The van der Waals surface area contributed by atoms with Crippen molar-refractivity contribution < 1.29 is 14.3 Å². The van der Waals surface area contributed by atoms with Gasteiger partial charge < -0.3 is 9.47 Å². The zero-order chi connectivity index (χ0) is 14.0. The van der Waals surface area contributed by atoms with Gasteiger partial charge in [0.15, 0.2) is 0 Å². The van der Waals surface area contributed by atoms with Gasteiger partial charge in [0.1, 0.15) is 11.4 Å². The number of carbonyl (C=O) groups excluding carboxylic acids is 1. The predicted octanol–water partition coefficient (Wildman–Crippen LogP) is 4.51. The third-order valence-electron chi connectivity index (χ3n) is 3.26. The molecule has 0 spiro atoms. The zero-order valence-electron chi connectivity index (χ0n) is 10.3. The summed E-state index contributed by atoms with van der Waals surface area (Å²) in [6, 6.07) is 3.11. The van der Waals surface area contributed by atoms with Crippen LogP contribution in [0.4, 0.5) is 0 Å². The van der Waals surface area contributed by atoms with Gasteiger partial charge in [0, 0.05) is 6.07 Å². The molecule has 1 aromatic rings. The smallest absolute Gasteiger partial charge is 0.309 e. The quantitative estimate of drug-likeness (QED) is 0.604. The highest BCUT2D eigenvalue weighted by Gasteiger charge is 2.42. The third-order valence-corrected chi connectivity index (χ3v) is 4.28. The molecule has 1 fully saturated rings. The number of methoxy groups -OCH3 is 1. The molecule has 0 heterocycles. The molecule has 1 aliphatic rings. The van der Waals surface area contributed by atoms with Gasteiger partial charge in [-0.1, -0.05) is 34.8 Å². The van der Waals surface area contributed by atoms with Crippen molar-refractivity contribution in [2.24, 2.45) is 0 Å². The van der Waals surface area contributed by atoms with Gasteiger partial charge in [0.05, 0.1) is 28.6 Å². The summed E-state index contributed by atoms with van der Waals surface area (Å²) < 4.78 is 10.6. The number of rotatable bonds is 4. The molecule has 6 heteroatoms. The van der Waals surface area contributed by atoms with Gasteiger partial charge in [-0.2, -0.15) is 0 Å². The molecule has 0 atom stereocenters. The lowest BCUT2D eigenvalue weighted by Crippen LogP contribution is -2.45. The number of ether oxygens (including phenoxy) is 2. The predicted molar refractivity (Wildman–Crippen MR) is 75.3 cm³/mol. The van der Waals surface area contributed by atoms with Crippen molar-refractivity contribution in [1.29, 1.82) is 0 Å². The van der Waals surface area contributed by atoms with Crippen molar-refractivity contribution in [3.63, 3.8) is 0 Å². The van der Waals surface area contributed by atoms with E-state index in [9.17, 15) is 4.79 Å². The summed E-state index contributed by atoms with van der Waals surface area (Å²) >= 11 is 17.9. The summed E-state index contributed by atoms with van der Waals surface area (Å²) in [5, 5.41) is 1.12. The van der Waals surface area contributed by atoms with E-state index in [-0.39, 0.29) is 12.4 Å². The maximum atomic E-state index is 11.4. The van der Waals surface area contributed by atoms with E-state index in [0.29, 0.717) is 20.8 Å². The molecule has 0 bridgehead atoms. The number of halogens is 3. The van der Waals surface area contributed by atoms with Crippen molar-refractivity contribution in [2.75, 3.05) is 7.11 Å². The van der Waals surface area contributed by atoms with Crippen LogP contribution in [0.1, 0.15) is 25.7 Å². The molecule has 19 heavy (non-hydrogen) atoms. The summed E-state index contributed by atoms with van der Waals surface area (Å²) in [4.78, 5) is 11.4. The van der Waals surface area contributed by atoms with E-state index in [1.807, 2.05) is 0 Å². The maximum absolute atomic E-state index is 11.4. The number of hydrogen-bond acceptors (Lipinski definition) is 3. The van der Waals surface area contributed by atoms with E-state index in [4.69, 9.17) is 44.3 Å². The molecule has 1 aromatic carbocycles. The Balaban J connectivity index is 2.19. The van der Waals surface area contributed by atoms with Crippen molar-refractivity contribution in [1.82, 2.24) is 0 Å². The van der Waals surface area contributed by atoms with Crippen molar-refractivity contribution in [3.05, 3.63) is 27.2 Å². The van der Waals surface area contributed by atoms with Crippen LogP contribution in [0.2, 0.25) is 15.1 Å². The summed E-state index contributed by atoms with van der Waals surface area (Å²) in [7, 11) is 1.36. The van der Waals surface area contributed by atoms with Gasteiger partial charge in [-0.3, -0.25) is 4.79 Å². The second-order valence-corrected chi connectivity index (χ2v) is 5.81. The van der Waals surface area contributed by atoms with E-state index in [1.165, 1.54) is 13.2 Å². The molecule has 0 aliphatic heterocycles. The van der Waals surface area contributed by atoms with E-state index >= 15 is 0 Å². The van der Waals surface area contributed by atoms with Crippen LogP contribution in [-0.4, -0.2) is 18.7 Å². The fourth-order valence-corrected chi connectivity index (χ4v) is 2.61. The van der Waals surface area contributed by atoms with Crippen LogP contribution >= 0.6 is 34.8 Å². The Labute approximate surface area is 126 Å². The van der Waals surface area contributed by atoms with Gasteiger partial charge in [-0.25, -0.2) is 0 Å². The lowest BCUT2D eigenvalue weighted by molar-refractivity contribution is -0.148. The first-order valence-electron chi connectivity index (χ1n) is 5.86. The highest BCUT2D eigenvalue weighted by atomic mass is 35.5. The fourth-order valence-electron chi connectivity index (χ4n) is 2.04. The summed E-state index contributed by atoms with van der Waals surface area (Å²) in [6.45, 7) is 0. The van der Waals surface area contributed by atoms with Crippen LogP contribution in [0.5, 0.6) is 5.75 Å². The van der Waals surface area contributed by atoms with Crippen molar-refractivity contribution >= 4 is 40.8 Å². The monoisotopic (exact) mass is 322 g/mol. The van der Waals surface area contributed by atoms with E-state index in [1.54, 1.807) is 6.07 Å². The Hall–Kier alpha value is -0.640. The molecule has 0 aromatic heterocycles. The maximum Gasteiger partial charge on any atom is 0.309 e. The Morgan fingerprint density at radius 3 is 2.37 bits per heavy atom. The molecule has 0 unspecified atom stereocenters. The highest BCUT2D eigenvalue weighted by Crippen LogP contribution is 2.43. The first kappa shape index (κ1) is 14.8. The number of esters is 1. The normalized spacial score (nSPS) is 16.6. The molecule has 0 N–H and O–H groups in total.